The van der Waals surface area contributed by atoms with Gasteiger partial charge < -0.3 is 9.67 Å². The number of aliphatic carboxylic acids is 1. The molecule has 0 unspecified atom stereocenters. The molecule has 6 nitrogen and oxygen atoms in total. The van der Waals surface area contributed by atoms with Crippen LogP contribution in [0.25, 0.3) is 22.3 Å². The molecule has 1 aromatic carbocycles. The maximum Gasteiger partial charge on any atom is 0.323 e. The third-order valence-electron chi connectivity index (χ3n) is 3.89. The van der Waals surface area contributed by atoms with Crippen LogP contribution in [0.5, 0.6) is 0 Å². The van der Waals surface area contributed by atoms with E-state index >= 15 is 0 Å². The molecule has 1 aliphatic heterocycles. The second kappa shape index (κ2) is 4.17. The molecule has 3 heterocycles. The van der Waals surface area contributed by atoms with E-state index in [4.69, 9.17) is 0 Å². The Morgan fingerprint density at radius 1 is 1.09 bits per heavy atom. The van der Waals surface area contributed by atoms with Crippen molar-refractivity contribution < 1.29 is 14.7 Å². The minimum Gasteiger partial charge on any atom is -0.480 e. The third-order valence-corrected chi connectivity index (χ3v) is 3.89. The van der Waals surface area contributed by atoms with Gasteiger partial charge in [-0.25, -0.2) is 0 Å². The van der Waals surface area contributed by atoms with Gasteiger partial charge in [0.15, 0.2) is 0 Å². The van der Waals surface area contributed by atoms with Crippen LogP contribution in [0.2, 0.25) is 0 Å². The van der Waals surface area contributed by atoms with E-state index in [1.54, 1.807) is 42.6 Å². The molecule has 0 atom stereocenters. The van der Waals surface area contributed by atoms with E-state index < -0.39 is 11.9 Å². The van der Waals surface area contributed by atoms with Gasteiger partial charge in [-0.05, 0) is 24.3 Å². The fourth-order valence-corrected chi connectivity index (χ4v) is 3.03. The zero-order chi connectivity index (χ0) is 15.4. The molecule has 6 heteroatoms. The number of carboxylic acid groups (broad SMARTS) is 1. The number of nitrogens with zero attached hydrogens (tertiary/aromatic N) is 2. The van der Waals surface area contributed by atoms with E-state index in [9.17, 15) is 19.5 Å². The lowest BCUT2D eigenvalue weighted by Gasteiger charge is -2.13. The van der Waals surface area contributed by atoms with Crippen molar-refractivity contribution in [1.82, 2.24) is 9.13 Å². The molecular weight excluding hydrogens is 284 g/mol. The SMILES string of the molecule is O=C(O)Cn1c2c(c(=O)c3ccccc31)C(=O)n1cccc1-2. The van der Waals surface area contributed by atoms with E-state index in [1.807, 2.05) is 0 Å². The summed E-state index contributed by atoms with van der Waals surface area (Å²) in [5, 5.41) is 9.55. The van der Waals surface area contributed by atoms with Crippen LogP contribution in [0, 0.1) is 0 Å². The van der Waals surface area contributed by atoms with Crippen LogP contribution >= 0.6 is 0 Å². The van der Waals surface area contributed by atoms with Gasteiger partial charge in [0.25, 0.3) is 5.91 Å². The summed E-state index contributed by atoms with van der Waals surface area (Å²) < 4.78 is 2.90. The van der Waals surface area contributed by atoms with Crippen molar-refractivity contribution in [1.29, 1.82) is 0 Å². The van der Waals surface area contributed by atoms with Crippen molar-refractivity contribution in [2.75, 3.05) is 0 Å². The smallest absolute Gasteiger partial charge is 0.323 e. The van der Waals surface area contributed by atoms with Crippen LogP contribution in [0.4, 0.5) is 0 Å². The standard InChI is InChI=1S/C16H10N2O4/c19-12(20)8-18-10-5-2-1-4-9(10)15(21)13-14(18)11-6-3-7-17(11)16(13)22/h1-7H,8H2,(H,19,20). The number of carbonyl (C=O) groups is 2. The highest BCUT2D eigenvalue weighted by Crippen LogP contribution is 2.32. The Morgan fingerprint density at radius 2 is 1.86 bits per heavy atom. The van der Waals surface area contributed by atoms with Gasteiger partial charge in [0.05, 0.1) is 16.9 Å². The van der Waals surface area contributed by atoms with Gasteiger partial charge in [0.2, 0.25) is 5.43 Å². The summed E-state index contributed by atoms with van der Waals surface area (Å²) in [5.41, 5.74) is 1.11. The van der Waals surface area contributed by atoms with Crippen LogP contribution in [0.1, 0.15) is 10.4 Å². The van der Waals surface area contributed by atoms with Crippen molar-refractivity contribution >= 4 is 22.8 Å². The Hall–Kier alpha value is -3.15. The van der Waals surface area contributed by atoms with Crippen LogP contribution in [0.15, 0.2) is 47.4 Å². The third kappa shape index (κ3) is 1.46. The lowest BCUT2D eigenvalue weighted by molar-refractivity contribution is -0.137. The summed E-state index contributed by atoms with van der Waals surface area (Å²) in [6.45, 7) is -0.318. The fourth-order valence-electron chi connectivity index (χ4n) is 3.03. The highest BCUT2D eigenvalue weighted by atomic mass is 16.4. The predicted octanol–water partition coefficient (Wildman–Crippen LogP) is 1.56. The largest absolute Gasteiger partial charge is 0.480 e. The number of hydrogen-bond acceptors (Lipinski definition) is 3. The average molecular weight is 294 g/mol. The highest BCUT2D eigenvalue weighted by molar-refractivity contribution is 6.10. The van der Waals surface area contributed by atoms with E-state index in [-0.39, 0.29) is 17.5 Å². The number of para-hydroxylation sites is 1. The minimum atomic E-state index is -1.03. The summed E-state index contributed by atoms with van der Waals surface area (Å²) in [5.74, 6) is -1.45. The number of carbonyl (C=O) groups excluding carboxylic acids is 1. The van der Waals surface area contributed by atoms with Gasteiger partial charge in [-0.3, -0.25) is 19.0 Å². The molecule has 1 aliphatic rings. The van der Waals surface area contributed by atoms with Crippen molar-refractivity contribution in [3.8, 4) is 11.4 Å². The Morgan fingerprint density at radius 3 is 2.64 bits per heavy atom. The molecule has 0 amide bonds. The molecule has 0 spiro atoms. The first-order valence-electron chi connectivity index (χ1n) is 6.69. The first kappa shape index (κ1) is 12.6. The summed E-state index contributed by atoms with van der Waals surface area (Å²) >= 11 is 0. The quantitative estimate of drug-likeness (QED) is 0.608. The van der Waals surface area contributed by atoms with E-state index in [2.05, 4.69) is 0 Å². The molecule has 108 valence electrons. The Bertz CT molecular complexity index is 1030. The topological polar surface area (TPSA) is 81.3 Å². The van der Waals surface area contributed by atoms with Crippen molar-refractivity contribution in [2.24, 2.45) is 0 Å². The summed E-state index contributed by atoms with van der Waals surface area (Å²) in [6, 6.07) is 10.1. The number of fused-ring (bicyclic) bond motifs is 4. The number of rotatable bonds is 2. The number of benzene rings is 1. The highest BCUT2D eigenvalue weighted by Gasteiger charge is 2.33. The first-order chi connectivity index (χ1) is 10.6. The maximum absolute atomic E-state index is 12.6. The van der Waals surface area contributed by atoms with Crippen molar-refractivity contribution in [3.63, 3.8) is 0 Å². The number of pyridine rings is 1. The molecule has 0 saturated heterocycles. The molecule has 3 aromatic rings. The molecule has 0 radical (unpaired) electrons. The van der Waals surface area contributed by atoms with Gasteiger partial charge in [-0.2, -0.15) is 0 Å². The molecule has 0 fully saturated rings. The Labute approximate surface area is 123 Å². The monoisotopic (exact) mass is 294 g/mol. The molecule has 2 aromatic heterocycles. The van der Waals surface area contributed by atoms with E-state index in [1.165, 1.54) is 9.13 Å². The fraction of sp³-hybridized carbons (Fsp3) is 0.0625. The number of aromatic nitrogens is 2. The predicted molar refractivity (Wildman–Crippen MR) is 79.0 cm³/mol. The van der Waals surface area contributed by atoms with Gasteiger partial charge in [-0.1, -0.05) is 12.1 Å². The number of carboxylic acids is 1. The van der Waals surface area contributed by atoms with Gasteiger partial charge in [-0.15, -0.1) is 0 Å². The summed E-state index contributed by atoms with van der Waals surface area (Å²) in [6.07, 6.45) is 1.58. The maximum atomic E-state index is 12.6. The minimum absolute atomic E-state index is 0.0375. The normalized spacial score (nSPS) is 12.5. The number of hydrogen-bond donors (Lipinski definition) is 1. The molecule has 0 saturated carbocycles. The zero-order valence-electron chi connectivity index (χ0n) is 11.3. The average Bonchev–Trinajstić information content (AvgIpc) is 3.06. The summed E-state index contributed by atoms with van der Waals surface area (Å²) in [4.78, 5) is 36.3. The van der Waals surface area contributed by atoms with Crippen LogP contribution in [-0.2, 0) is 11.3 Å². The molecule has 22 heavy (non-hydrogen) atoms. The summed E-state index contributed by atoms with van der Waals surface area (Å²) in [7, 11) is 0. The van der Waals surface area contributed by atoms with Gasteiger partial charge in [0.1, 0.15) is 12.1 Å². The molecule has 0 bridgehead atoms. The lowest BCUT2D eigenvalue weighted by Crippen LogP contribution is -2.21. The van der Waals surface area contributed by atoms with Gasteiger partial charge in [0, 0.05) is 11.6 Å². The molecule has 4 rings (SSSR count). The molecule has 0 aliphatic carbocycles. The second-order valence-corrected chi connectivity index (χ2v) is 5.12. The lowest BCUT2D eigenvalue weighted by atomic mass is 10.1. The van der Waals surface area contributed by atoms with Crippen molar-refractivity contribution in [2.45, 2.75) is 6.54 Å². The Balaban J connectivity index is 2.23. The second-order valence-electron chi connectivity index (χ2n) is 5.12. The zero-order valence-corrected chi connectivity index (χ0v) is 11.3. The van der Waals surface area contributed by atoms with E-state index in [0.717, 1.165) is 0 Å². The van der Waals surface area contributed by atoms with Crippen LogP contribution in [0.3, 0.4) is 0 Å². The van der Waals surface area contributed by atoms with E-state index in [0.29, 0.717) is 22.3 Å². The Kier molecular flexibility index (Phi) is 2.39. The van der Waals surface area contributed by atoms with Crippen molar-refractivity contribution in [3.05, 3.63) is 58.4 Å². The first-order valence-corrected chi connectivity index (χ1v) is 6.69. The van der Waals surface area contributed by atoms with Crippen LogP contribution < -0.4 is 5.43 Å². The molecular formula is C16H10N2O4. The van der Waals surface area contributed by atoms with Gasteiger partial charge >= 0.3 is 5.97 Å². The molecule has 1 N–H and O–H groups in total. The van der Waals surface area contributed by atoms with Crippen LogP contribution in [-0.4, -0.2) is 26.1 Å².